The van der Waals surface area contributed by atoms with E-state index in [1.54, 1.807) is 12.4 Å². The molecular weight excluding hydrogens is 192 g/mol. The van der Waals surface area contributed by atoms with Crippen LogP contribution in [-0.2, 0) is 0 Å². The molecule has 1 atom stereocenters. The van der Waals surface area contributed by atoms with Crippen molar-refractivity contribution in [2.24, 2.45) is 5.92 Å². The lowest BCUT2D eigenvalue weighted by Gasteiger charge is -2.08. The van der Waals surface area contributed by atoms with Crippen LogP contribution in [0.3, 0.4) is 0 Å². The molecule has 0 bridgehead atoms. The molecule has 1 rings (SSSR count). The van der Waals surface area contributed by atoms with Gasteiger partial charge in [-0.2, -0.15) is 0 Å². The first-order valence-electron chi connectivity index (χ1n) is 5.24. The molecule has 0 aliphatic carbocycles. The van der Waals surface area contributed by atoms with Crippen molar-refractivity contribution in [1.29, 1.82) is 0 Å². The molecule has 1 unspecified atom stereocenters. The Hall–Kier alpha value is -1.16. The van der Waals surface area contributed by atoms with Crippen LogP contribution < -0.4 is 4.74 Å². The molecule has 4 nitrogen and oxygen atoms in total. The van der Waals surface area contributed by atoms with Gasteiger partial charge >= 0.3 is 0 Å². The fraction of sp³-hybridized carbons (Fsp3) is 0.636. The van der Waals surface area contributed by atoms with Crippen molar-refractivity contribution in [2.75, 3.05) is 13.2 Å². The van der Waals surface area contributed by atoms with Crippen molar-refractivity contribution in [3.05, 3.63) is 18.1 Å². The monoisotopic (exact) mass is 212 g/mol. The third kappa shape index (κ3) is 6.01. The minimum Gasteiger partial charge on any atom is -0.476 e. The Kier molecular flexibility index (Phi) is 7.54. The smallest absolute Gasteiger partial charge is 0.232 e. The molecule has 0 radical (unpaired) electrons. The highest BCUT2D eigenvalue weighted by molar-refractivity contribution is 5.06. The third-order valence-electron chi connectivity index (χ3n) is 1.56. The van der Waals surface area contributed by atoms with Crippen molar-refractivity contribution < 1.29 is 9.84 Å². The second-order valence-corrected chi connectivity index (χ2v) is 3.10. The maximum absolute atomic E-state index is 8.75. The van der Waals surface area contributed by atoms with Gasteiger partial charge in [-0.15, -0.1) is 0 Å². The van der Waals surface area contributed by atoms with Gasteiger partial charge in [-0.25, -0.2) is 4.98 Å². The van der Waals surface area contributed by atoms with E-state index in [4.69, 9.17) is 9.84 Å². The van der Waals surface area contributed by atoms with Crippen LogP contribution in [0.15, 0.2) is 12.4 Å². The number of aliphatic hydroxyl groups is 1. The molecule has 0 aromatic carbocycles. The second kappa shape index (κ2) is 8.17. The average molecular weight is 212 g/mol. The molecule has 0 fully saturated rings. The Balaban J connectivity index is 0.000000921. The number of aryl methyl sites for hydroxylation is 1. The Labute approximate surface area is 91.3 Å². The molecule has 15 heavy (non-hydrogen) atoms. The van der Waals surface area contributed by atoms with E-state index in [2.05, 4.69) is 9.97 Å². The summed E-state index contributed by atoms with van der Waals surface area (Å²) in [5, 5.41) is 8.75. The topological polar surface area (TPSA) is 55.2 Å². The number of rotatable bonds is 4. The third-order valence-corrected chi connectivity index (χ3v) is 1.56. The van der Waals surface area contributed by atoms with E-state index in [0.717, 1.165) is 5.69 Å². The second-order valence-electron chi connectivity index (χ2n) is 3.10. The standard InChI is InChI=1S/C9H14N2O2.C2H6/c1-7(5-12)6-13-9-4-10-3-8(2)11-9;1-2/h3-4,7,12H,5-6H2,1-2H3;1-2H3. The highest BCUT2D eigenvalue weighted by atomic mass is 16.5. The number of nitrogens with zero attached hydrogens (tertiary/aromatic N) is 2. The molecule has 0 saturated carbocycles. The van der Waals surface area contributed by atoms with Gasteiger partial charge in [0.2, 0.25) is 5.88 Å². The van der Waals surface area contributed by atoms with E-state index in [-0.39, 0.29) is 12.5 Å². The highest BCUT2D eigenvalue weighted by Gasteiger charge is 2.02. The van der Waals surface area contributed by atoms with Crippen LogP contribution in [0.1, 0.15) is 26.5 Å². The zero-order valence-electron chi connectivity index (χ0n) is 9.90. The fourth-order valence-corrected chi connectivity index (χ4v) is 0.790. The van der Waals surface area contributed by atoms with Crippen LogP contribution in [-0.4, -0.2) is 28.3 Å². The van der Waals surface area contributed by atoms with Gasteiger partial charge in [0.1, 0.15) is 0 Å². The molecule has 1 aromatic heterocycles. The molecule has 0 aliphatic heterocycles. The largest absolute Gasteiger partial charge is 0.476 e. The minimum atomic E-state index is 0.124. The Morgan fingerprint density at radius 2 is 2.07 bits per heavy atom. The first-order chi connectivity index (χ1) is 7.22. The SMILES string of the molecule is CC.Cc1cncc(OCC(C)CO)n1. The van der Waals surface area contributed by atoms with Crippen molar-refractivity contribution in [3.63, 3.8) is 0 Å². The van der Waals surface area contributed by atoms with Crippen LogP contribution >= 0.6 is 0 Å². The first kappa shape index (κ1) is 13.8. The summed E-state index contributed by atoms with van der Waals surface area (Å²) < 4.78 is 5.31. The maximum atomic E-state index is 8.75. The average Bonchev–Trinajstić information content (AvgIpc) is 2.29. The summed E-state index contributed by atoms with van der Waals surface area (Å²) in [6, 6.07) is 0. The molecule has 1 N–H and O–H groups in total. The van der Waals surface area contributed by atoms with Gasteiger partial charge < -0.3 is 9.84 Å². The Morgan fingerprint density at radius 1 is 1.40 bits per heavy atom. The van der Waals surface area contributed by atoms with Crippen molar-refractivity contribution >= 4 is 0 Å². The van der Waals surface area contributed by atoms with Crippen LogP contribution in [0, 0.1) is 12.8 Å². The molecule has 0 aliphatic rings. The molecule has 1 aromatic rings. The van der Waals surface area contributed by atoms with Crippen molar-refractivity contribution in [3.8, 4) is 5.88 Å². The van der Waals surface area contributed by atoms with E-state index < -0.39 is 0 Å². The molecular formula is C11H20N2O2. The summed E-state index contributed by atoms with van der Waals surface area (Å²) in [5.74, 6) is 0.641. The van der Waals surface area contributed by atoms with E-state index in [9.17, 15) is 0 Å². The van der Waals surface area contributed by atoms with Crippen LogP contribution in [0.25, 0.3) is 0 Å². The highest BCUT2D eigenvalue weighted by Crippen LogP contribution is 2.05. The predicted octanol–water partition coefficient (Wildman–Crippen LogP) is 1.82. The van der Waals surface area contributed by atoms with Gasteiger partial charge in [0.15, 0.2) is 0 Å². The molecule has 0 saturated heterocycles. The zero-order valence-corrected chi connectivity index (χ0v) is 9.90. The van der Waals surface area contributed by atoms with Gasteiger partial charge in [-0.1, -0.05) is 20.8 Å². The van der Waals surface area contributed by atoms with Gasteiger partial charge in [-0.05, 0) is 6.92 Å². The summed E-state index contributed by atoms with van der Waals surface area (Å²) in [6.45, 7) is 8.35. The maximum Gasteiger partial charge on any atom is 0.232 e. The number of aliphatic hydroxyl groups excluding tert-OH is 1. The number of hydrogen-bond acceptors (Lipinski definition) is 4. The predicted molar refractivity (Wildman–Crippen MR) is 59.9 cm³/mol. The minimum absolute atomic E-state index is 0.124. The number of hydrogen-bond donors (Lipinski definition) is 1. The van der Waals surface area contributed by atoms with E-state index >= 15 is 0 Å². The summed E-state index contributed by atoms with van der Waals surface area (Å²) >= 11 is 0. The number of aromatic nitrogens is 2. The molecule has 0 spiro atoms. The lowest BCUT2D eigenvalue weighted by molar-refractivity contribution is 0.170. The van der Waals surface area contributed by atoms with E-state index in [1.165, 1.54) is 0 Å². The van der Waals surface area contributed by atoms with Gasteiger partial charge in [0, 0.05) is 18.7 Å². The fourth-order valence-electron chi connectivity index (χ4n) is 0.790. The lowest BCUT2D eigenvalue weighted by atomic mass is 10.2. The van der Waals surface area contributed by atoms with Crippen LogP contribution in [0.2, 0.25) is 0 Å². The summed E-state index contributed by atoms with van der Waals surface area (Å²) in [4.78, 5) is 8.05. The van der Waals surface area contributed by atoms with Gasteiger partial charge in [-0.3, -0.25) is 4.98 Å². The lowest BCUT2D eigenvalue weighted by Crippen LogP contribution is -2.12. The first-order valence-corrected chi connectivity index (χ1v) is 5.24. The Bertz CT molecular complexity index is 267. The number of ether oxygens (including phenoxy) is 1. The van der Waals surface area contributed by atoms with Crippen molar-refractivity contribution in [1.82, 2.24) is 9.97 Å². The molecule has 86 valence electrons. The molecule has 0 amide bonds. The quantitative estimate of drug-likeness (QED) is 0.827. The van der Waals surface area contributed by atoms with E-state index in [0.29, 0.717) is 12.5 Å². The summed E-state index contributed by atoms with van der Waals surface area (Å²) in [6.07, 6.45) is 3.24. The van der Waals surface area contributed by atoms with E-state index in [1.807, 2.05) is 27.7 Å². The van der Waals surface area contributed by atoms with Crippen LogP contribution in [0.5, 0.6) is 5.88 Å². The normalized spacial score (nSPS) is 11.3. The van der Waals surface area contributed by atoms with Crippen molar-refractivity contribution in [2.45, 2.75) is 27.7 Å². The summed E-state index contributed by atoms with van der Waals surface area (Å²) in [7, 11) is 0. The van der Waals surface area contributed by atoms with Gasteiger partial charge in [0.25, 0.3) is 0 Å². The molecule has 4 heteroatoms. The van der Waals surface area contributed by atoms with Gasteiger partial charge in [0.05, 0.1) is 18.5 Å². The van der Waals surface area contributed by atoms with Crippen LogP contribution in [0.4, 0.5) is 0 Å². The Morgan fingerprint density at radius 3 is 2.60 bits per heavy atom. The summed E-state index contributed by atoms with van der Waals surface area (Å²) in [5.41, 5.74) is 0.828. The zero-order chi connectivity index (χ0) is 11.7. The molecule has 1 heterocycles.